The molecule has 0 radical (unpaired) electrons. The van der Waals surface area contributed by atoms with Crippen molar-refractivity contribution in [2.45, 2.75) is 6.04 Å². The van der Waals surface area contributed by atoms with Crippen LogP contribution in [0, 0.1) is 4.91 Å². The number of benzene rings is 3. The summed E-state index contributed by atoms with van der Waals surface area (Å²) in [6.45, 7) is 0. The second-order valence-corrected chi connectivity index (χ2v) is 5.32. The largest absolute Gasteiger partial charge is 0.277 e. The van der Waals surface area contributed by atoms with Gasteiger partial charge in [-0.2, -0.15) is 5.01 Å². The van der Waals surface area contributed by atoms with E-state index in [2.05, 4.69) is 5.29 Å². The summed E-state index contributed by atoms with van der Waals surface area (Å²) < 4.78 is 0. The molecule has 0 heterocycles. The first-order chi connectivity index (χ1) is 11.8. The minimum absolute atomic E-state index is 0.425. The van der Waals surface area contributed by atoms with E-state index in [0.29, 0.717) is 5.56 Å². The van der Waals surface area contributed by atoms with Crippen molar-refractivity contribution in [3.05, 3.63) is 113 Å². The predicted octanol–water partition coefficient (Wildman–Crippen LogP) is 4.60. The second kappa shape index (κ2) is 7.33. The van der Waals surface area contributed by atoms with Gasteiger partial charge in [-0.1, -0.05) is 78.9 Å². The Balaban J connectivity index is 2.07. The molecule has 4 nitrogen and oxygen atoms in total. The first-order valence-electron chi connectivity index (χ1n) is 7.63. The van der Waals surface area contributed by atoms with E-state index in [0.717, 1.165) is 16.1 Å². The van der Waals surface area contributed by atoms with Gasteiger partial charge in [-0.05, 0) is 23.3 Å². The van der Waals surface area contributed by atoms with Gasteiger partial charge in [-0.15, -0.1) is 4.91 Å². The lowest BCUT2D eigenvalue weighted by molar-refractivity contribution is 0.0708. The molecule has 3 aromatic rings. The molecule has 3 rings (SSSR count). The van der Waals surface area contributed by atoms with E-state index in [-0.39, 0.29) is 0 Å². The zero-order valence-electron chi connectivity index (χ0n) is 12.9. The van der Waals surface area contributed by atoms with Crippen LogP contribution in [0.4, 0.5) is 0 Å². The van der Waals surface area contributed by atoms with Crippen molar-refractivity contribution in [3.63, 3.8) is 0 Å². The minimum atomic E-state index is -0.572. The highest BCUT2D eigenvalue weighted by atomic mass is 16.3. The van der Waals surface area contributed by atoms with Crippen LogP contribution in [0.5, 0.6) is 0 Å². The number of nitrogens with zero attached hydrogens (tertiary/aromatic N) is 2. The van der Waals surface area contributed by atoms with Gasteiger partial charge < -0.3 is 0 Å². The predicted molar refractivity (Wildman–Crippen MR) is 93.1 cm³/mol. The first kappa shape index (κ1) is 15.6. The highest BCUT2D eigenvalue weighted by Gasteiger charge is 2.28. The Morgan fingerprint density at radius 1 is 0.708 bits per heavy atom. The molecule has 0 saturated heterocycles. The molecule has 0 unspecified atom stereocenters. The van der Waals surface area contributed by atoms with Gasteiger partial charge in [0.1, 0.15) is 6.04 Å². The SMILES string of the molecule is O=NN(C(=O)c1ccccc1)C(c1ccccc1)c1ccccc1. The van der Waals surface area contributed by atoms with Gasteiger partial charge in [0.15, 0.2) is 0 Å². The number of nitroso groups, excluding NO2 is 1. The molecule has 0 aliphatic rings. The number of amides is 1. The van der Waals surface area contributed by atoms with Gasteiger partial charge >= 0.3 is 0 Å². The molecular formula is C20H16N2O2. The van der Waals surface area contributed by atoms with Crippen molar-refractivity contribution in [1.29, 1.82) is 0 Å². The van der Waals surface area contributed by atoms with Gasteiger partial charge in [0.2, 0.25) is 0 Å². The van der Waals surface area contributed by atoms with E-state index in [9.17, 15) is 9.70 Å². The number of hydrogen-bond donors (Lipinski definition) is 0. The van der Waals surface area contributed by atoms with E-state index in [1.54, 1.807) is 24.3 Å². The molecule has 1 amide bonds. The lowest BCUT2D eigenvalue weighted by Crippen LogP contribution is -2.30. The number of carbonyl (C=O) groups is 1. The number of rotatable bonds is 5. The van der Waals surface area contributed by atoms with Crippen LogP contribution >= 0.6 is 0 Å². The van der Waals surface area contributed by atoms with E-state index in [1.165, 1.54) is 0 Å². The molecule has 0 atom stereocenters. The van der Waals surface area contributed by atoms with Gasteiger partial charge in [-0.25, -0.2) is 0 Å². The fourth-order valence-corrected chi connectivity index (χ4v) is 2.66. The Morgan fingerprint density at radius 3 is 1.54 bits per heavy atom. The normalized spacial score (nSPS) is 10.4. The monoisotopic (exact) mass is 316 g/mol. The zero-order valence-corrected chi connectivity index (χ0v) is 12.9. The molecule has 0 aliphatic heterocycles. The molecule has 0 spiro atoms. The van der Waals surface area contributed by atoms with Crippen molar-refractivity contribution >= 4 is 5.91 Å². The second-order valence-electron chi connectivity index (χ2n) is 5.32. The maximum atomic E-state index is 12.8. The zero-order chi connectivity index (χ0) is 16.8. The van der Waals surface area contributed by atoms with Crippen molar-refractivity contribution in [1.82, 2.24) is 5.01 Å². The third-order valence-corrected chi connectivity index (χ3v) is 3.79. The van der Waals surface area contributed by atoms with Crippen LogP contribution in [0.3, 0.4) is 0 Å². The highest BCUT2D eigenvalue weighted by Crippen LogP contribution is 2.30. The summed E-state index contributed by atoms with van der Waals surface area (Å²) in [5, 5.41) is 4.05. The Bertz CT molecular complexity index is 765. The van der Waals surface area contributed by atoms with Gasteiger partial charge in [0.05, 0.1) is 5.29 Å². The molecule has 0 fully saturated rings. The van der Waals surface area contributed by atoms with Crippen molar-refractivity contribution in [2.24, 2.45) is 5.29 Å². The first-order valence-corrected chi connectivity index (χ1v) is 7.63. The number of hydrogen-bond acceptors (Lipinski definition) is 3. The Morgan fingerprint density at radius 2 is 1.12 bits per heavy atom. The van der Waals surface area contributed by atoms with Crippen LogP contribution in [0.1, 0.15) is 27.5 Å². The van der Waals surface area contributed by atoms with Gasteiger partial charge in [0, 0.05) is 5.56 Å². The standard InChI is InChI=1S/C20H16N2O2/c23-20(18-14-8-3-9-15-18)22(21-24)19(16-10-4-1-5-11-16)17-12-6-2-7-13-17/h1-15,19H. The Labute approximate surface area is 140 Å². The average Bonchev–Trinajstić information content (AvgIpc) is 2.67. The molecule has 0 aliphatic carbocycles. The molecule has 24 heavy (non-hydrogen) atoms. The van der Waals surface area contributed by atoms with Gasteiger partial charge in [0.25, 0.3) is 5.91 Å². The molecule has 3 aromatic carbocycles. The van der Waals surface area contributed by atoms with Crippen molar-refractivity contribution < 1.29 is 4.79 Å². The fraction of sp³-hybridized carbons (Fsp3) is 0.0500. The van der Waals surface area contributed by atoms with E-state index in [1.807, 2.05) is 66.7 Å². The molecule has 4 heteroatoms. The summed E-state index contributed by atoms with van der Waals surface area (Å²) in [6.07, 6.45) is 0. The molecular weight excluding hydrogens is 300 g/mol. The summed E-state index contributed by atoms with van der Waals surface area (Å²) >= 11 is 0. The summed E-state index contributed by atoms with van der Waals surface area (Å²) in [4.78, 5) is 24.4. The van der Waals surface area contributed by atoms with E-state index in [4.69, 9.17) is 0 Å². The van der Waals surface area contributed by atoms with Crippen LogP contribution < -0.4 is 0 Å². The van der Waals surface area contributed by atoms with Crippen molar-refractivity contribution in [3.8, 4) is 0 Å². The topological polar surface area (TPSA) is 49.7 Å². The third-order valence-electron chi connectivity index (χ3n) is 3.79. The van der Waals surface area contributed by atoms with Crippen LogP contribution in [0.25, 0.3) is 0 Å². The maximum absolute atomic E-state index is 12.8. The molecule has 0 aromatic heterocycles. The van der Waals surface area contributed by atoms with Crippen LogP contribution in [0.2, 0.25) is 0 Å². The fourth-order valence-electron chi connectivity index (χ4n) is 2.66. The van der Waals surface area contributed by atoms with Crippen LogP contribution in [0.15, 0.2) is 96.3 Å². The Kier molecular flexibility index (Phi) is 4.77. The summed E-state index contributed by atoms with van der Waals surface area (Å²) in [6, 6.07) is 26.9. The lowest BCUT2D eigenvalue weighted by atomic mass is 9.97. The summed E-state index contributed by atoms with van der Waals surface area (Å²) in [7, 11) is 0. The summed E-state index contributed by atoms with van der Waals surface area (Å²) in [5.41, 5.74) is 2.08. The molecule has 0 N–H and O–H groups in total. The van der Waals surface area contributed by atoms with Gasteiger partial charge in [-0.3, -0.25) is 4.79 Å². The lowest BCUT2D eigenvalue weighted by Gasteiger charge is -2.25. The van der Waals surface area contributed by atoms with E-state index < -0.39 is 11.9 Å². The van der Waals surface area contributed by atoms with Crippen LogP contribution in [-0.2, 0) is 0 Å². The molecule has 0 saturated carbocycles. The Hall–Kier alpha value is -3.27. The average molecular weight is 316 g/mol. The maximum Gasteiger partial charge on any atom is 0.277 e. The smallest absolute Gasteiger partial charge is 0.267 e. The molecule has 0 bridgehead atoms. The van der Waals surface area contributed by atoms with Crippen molar-refractivity contribution in [2.75, 3.05) is 0 Å². The summed E-state index contributed by atoms with van der Waals surface area (Å²) in [5.74, 6) is -0.427. The molecule has 118 valence electrons. The highest BCUT2D eigenvalue weighted by molar-refractivity contribution is 5.94. The third kappa shape index (κ3) is 3.22. The number of carbonyl (C=O) groups excluding carboxylic acids is 1. The van der Waals surface area contributed by atoms with Crippen LogP contribution in [-0.4, -0.2) is 10.9 Å². The quantitative estimate of drug-likeness (QED) is 0.510. The minimum Gasteiger partial charge on any atom is -0.267 e. The van der Waals surface area contributed by atoms with E-state index >= 15 is 0 Å².